The summed E-state index contributed by atoms with van der Waals surface area (Å²) in [5.74, 6) is 6.71. The fourth-order valence-corrected chi connectivity index (χ4v) is 4.56. The Bertz CT molecular complexity index is 1590. The van der Waals surface area contributed by atoms with Gasteiger partial charge in [0.25, 0.3) is 0 Å². The molecule has 0 aliphatic carbocycles. The summed E-state index contributed by atoms with van der Waals surface area (Å²) in [4.78, 5) is 15.5. The molecule has 0 radical (unpaired) electrons. The Morgan fingerprint density at radius 3 is 2.26 bits per heavy atom. The highest BCUT2D eigenvalue weighted by Crippen LogP contribution is 2.37. The van der Waals surface area contributed by atoms with Gasteiger partial charge in [-0.3, -0.25) is 4.79 Å². The predicted molar refractivity (Wildman–Crippen MR) is 142 cm³/mol. The molecule has 0 atom stereocenters. The Labute approximate surface area is 200 Å². The minimum atomic E-state index is 0.0383. The molecule has 0 spiro atoms. The predicted octanol–water partition coefficient (Wildman–Crippen LogP) is 6.34. The molecule has 3 heteroatoms. The first-order chi connectivity index (χ1) is 16.4. The van der Waals surface area contributed by atoms with Crippen LogP contribution in [0.25, 0.3) is 21.7 Å². The first kappa shape index (κ1) is 21.6. The number of nitrogens with zero attached hydrogens (tertiary/aromatic N) is 2. The molecular weight excluding hydrogens is 416 g/mol. The van der Waals surface area contributed by atoms with Gasteiger partial charge in [-0.2, -0.15) is 0 Å². The molecule has 0 amide bonds. The van der Waals surface area contributed by atoms with E-state index in [2.05, 4.69) is 45.6 Å². The lowest BCUT2D eigenvalue weighted by Gasteiger charge is -2.19. The number of fused-ring (bicyclic) bond motifs is 3. The highest BCUT2D eigenvalue weighted by Gasteiger charge is 2.20. The maximum atomic E-state index is 13.4. The summed E-state index contributed by atoms with van der Waals surface area (Å²) in [6.07, 6.45) is 1.95. The second-order valence-corrected chi connectivity index (χ2v) is 8.88. The van der Waals surface area contributed by atoms with Gasteiger partial charge in [-0.1, -0.05) is 78.1 Å². The van der Waals surface area contributed by atoms with Crippen molar-refractivity contribution >= 4 is 33.1 Å². The Hall–Kier alpha value is -4.29. The van der Waals surface area contributed by atoms with Gasteiger partial charge in [0.05, 0.1) is 11.2 Å². The van der Waals surface area contributed by atoms with E-state index >= 15 is 0 Å². The molecule has 34 heavy (non-hydrogen) atoms. The van der Waals surface area contributed by atoms with Crippen molar-refractivity contribution in [2.45, 2.75) is 6.92 Å². The van der Waals surface area contributed by atoms with Crippen LogP contribution in [0.3, 0.4) is 0 Å². The molecule has 0 saturated carbocycles. The summed E-state index contributed by atoms with van der Waals surface area (Å²) in [7, 11) is 6.10. The largest absolute Gasteiger partial charge is 0.376 e. The Balaban J connectivity index is 1.74. The van der Waals surface area contributed by atoms with Gasteiger partial charge < -0.3 is 9.47 Å². The fourth-order valence-electron chi connectivity index (χ4n) is 4.56. The van der Waals surface area contributed by atoms with Crippen LogP contribution in [0.1, 0.15) is 32.6 Å². The van der Waals surface area contributed by atoms with Gasteiger partial charge in [0, 0.05) is 60.4 Å². The molecule has 0 aliphatic rings. The van der Waals surface area contributed by atoms with Crippen LogP contribution in [-0.4, -0.2) is 24.4 Å². The van der Waals surface area contributed by atoms with Crippen molar-refractivity contribution in [3.8, 4) is 11.8 Å². The number of aromatic nitrogens is 1. The van der Waals surface area contributed by atoms with Crippen LogP contribution in [0.2, 0.25) is 0 Å². The van der Waals surface area contributed by atoms with E-state index in [-0.39, 0.29) is 5.78 Å². The van der Waals surface area contributed by atoms with Gasteiger partial charge in [0.15, 0.2) is 5.78 Å². The molecule has 0 bridgehead atoms. The Morgan fingerprint density at radius 2 is 1.56 bits per heavy atom. The van der Waals surface area contributed by atoms with Crippen molar-refractivity contribution in [1.29, 1.82) is 0 Å². The first-order valence-corrected chi connectivity index (χ1v) is 11.3. The number of aryl methyl sites for hydroxylation is 2. The van der Waals surface area contributed by atoms with Gasteiger partial charge in [-0.15, -0.1) is 0 Å². The molecule has 0 unspecified atom stereocenters. The molecule has 5 rings (SSSR count). The second-order valence-electron chi connectivity index (χ2n) is 8.88. The van der Waals surface area contributed by atoms with Gasteiger partial charge in [0.1, 0.15) is 0 Å². The number of rotatable bonds is 3. The number of hydrogen-bond acceptors (Lipinski definition) is 2. The van der Waals surface area contributed by atoms with E-state index < -0.39 is 0 Å². The standard InChI is InChI=1S/C31H26N2O/c1-21-10-13-25(14-11-21)31(34)27-20-33(4)30-26(27)19-18-23-16-17-24(29(28(23)30)32(2)3)15-12-22-8-6-5-7-9-22/h5-11,13-14,16-20H,1-4H3. The van der Waals surface area contributed by atoms with E-state index in [0.29, 0.717) is 11.1 Å². The van der Waals surface area contributed by atoms with Gasteiger partial charge >= 0.3 is 0 Å². The number of ketones is 1. The molecule has 166 valence electrons. The molecular formula is C31H26N2O. The van der Waals surface area contributed by atoms with E-state index in [4.69, 9.17) is 0 Å². The van der Waals surface area contributed by atoms with Crippen molar-refractivity contribution in [2.24, 2.45) is 7.05 Å². The topological polar surface area (TPSA) is 25.2 Å². The van der Waals surface area contributed by atoms with Crippen molar-refractivity contribution in [2.75, 3.05) is 19.0 Å². The van der Waals surface area contributed by atoms with Crippen LogP contribution in [-0.2, 0) is 7.05 Å². The van der Waals surface area contributed by atoms with Crippen LogP contribution in [0.4, 0.5) is 5.69 Å². The number of carbonyl (C=O) groups excluding carboxylic acids is 1. The molecule has 0 aliphatic heterocycles. The third-order valence-corrected chi connectivity index (χ3v) is 6.22. The molecule has 0 saturated heterocycles. The van der Waals surface area contributed by atoms with E-state index in [1.807, 2.05) is 88.9 Å². The molecule has 4 aromatic carbocycles. The highest BCUT2D eigenvalue weighted by atomic mass is 16.1. The van der Waals surface area contributed by atoms with E-state index in [1.165, 1.54) is 0 Å². The van der Waals surface area contributed by atoms with Crippen molar-refractivity contribution < 1.29 is 4.79 Å². The summed E-state index contributed by atoms with van der Waals surface area (Å²) in [5, 5.41) is 3.18. The van der Waals surface area contributed by atoms with Crippen molar-refractivity contribution in [3.05, 3.63) is 113 Å². The molecule has 1 heterocycles. The zero-order chi connectivity index (χ0) is 23.8. The summed E-state index contributed by atoms with van der Waals surface area (Å²) >= 11 is 0. The zero-order valence-corrected chi connectivity index (χ0v) is 19.9. The SMILES string of the molecule is Cc1ccc(C(=O)c2cn(C)c3c2ccc2ccc(C#Cc4ccccc4)c(N(C)C)c23)cc1. The highest BCUT2D eigenvalue weighted by molar-refractivity contribution is 6.22. The van der Waals surface area contributed by atoms with Crippen LogP contribution in [0.5, 0.6) is 0 Å². The summed E-state index contributed by atoms with van der Waals surface area (Å²) in [6.45, 7) is 2.03. The fraction of sp³-hybridized carbons (Fsp3) is 0.129. The number of hydrogen-bond donors (Lipinski definition) is 0. The van der Waals surface area contributed by atoms with E-state index in [0.717, 1.165) is 44.1 Å². The average molecular weight is 443 g/mol. The maximum Gasteiger partial charge on any atom is 0.195 e. The number of benzene rings is 4. The Kier molecular flexibility index (Phi) is 5.43. The smallest absolute Gasteiger partial charge is 0.195 e. The molecule has 1 aromatic heterocycles. The third kappa shape index (κ3) is 3.74. The monoisotopic (exact) mass is 442 g/mol. The third-order valence-electron chi connectivity index (χ3n) is 6.22. The molecule has 0 fully saturated rings. The van der Waals surface area contributed by atoms with Gasteiger partial charge in [0.2, 0.25) is 0 Å². The molecule has 3 nitrogen and oxygen atoms in total. The van der Waals surface area contributed by atoms with E-state index in [9.17, 15) is 4.79 Å². The van der Waals surface area contributed by atoms with Gasteiger partial charge in [-0.05, 0) is 30.5 Å². The number of anilines is 1. The second kappa shape index (κ2) is 8.57. The summed E-state index contributed by atoms with van der Waals surface area (Å²) < 4.78 is 2.07. The van der Waals surface area contributed by atoms with Gasteiger partial charge in [-0.25, -0.2) is 0 Å². The van der Waals surface area contributed by atoms with Crippen LogP contribution < -0.4 is 4.90 Å². The number of carbonyl (C=O) groups is 1. The lowest BCUT2D eigenvalue weighted by molar-refractivity contribution is 0.104. The lowest BCUT2D eigenvalue weighted by Crippen LogP contribution is -2.11. The normalized spacial score (nSPS) is 10.8. The van der Waals surface area contributed by atoms with Crippen molar-refractivity contribution in [1.82, 2.24) is 4.57 Å². The Morgan fingerprint density at radius 1 is 0.853 bits per heavy atom. The van der Waals surface area contributed by atoms with E-state index in [1.54, 1.807) is 0 Å². The van der Waals surface area contributed by atoms with Crippen molar-refractivity contribution in [3.63, 3.8) is 0 Å². The first-order valence-electron chi connectivity index (χ1n) is 11.3. The van der Waals surface area contributed by atoms with Crippen LogP contribution >= 0.6 is 0 Å². The summed E-state index contributed by atoms with van der Waals surface area (Å²) in [5.41, 5.74) is 6.60. The molecule has 0 N–H and O–H groups in total. The average Bonchev–Trinajstić information content (AvgIpc) is 3.19. The molecule has 5 aromatic rings. The zero-order valence-electron chi connectivity index (χ0n) is 19.9. The minimum absolute atomic E-state index is 0.0383. The quantitative estimate of drug-likeness (QED) is 0.241. The minimum Gasteiger partial charge on any atom is -0.376 e. The van der Waals surface area contributed by atoms with Crippen LogP contribution in [0.15, 0.2) is 85.1 Å². The maximum absolute atomic E-state index is 13.4. The summed E-state index contributed by atoms with van der Waals surface area (Å²) in [6, 6.07) is 26.2. The van der Waals surface area contributed by atoms with Crippen LogP contribution in [0, 0.1) is 18.8 Å². The lowest BCUT2D eigenvalue weighted by atomic mass is 9.97.